The molecule has 4 aromatic rings. The summed E-state index contributed by atoms with van der Waals surface area (Å²) in [5.74, 6) is 1.16. The van der Waals surface area contributed by atoms with E-state index in [2.05, 4.69) is 21.7 Å². The molecule has 0 radical (unpaired) electrons. The molecular formula is C25H26N4O3S2. The molecule has 1 atom stereocenters. The molecule has 1 aliphatic rings. The molecule has 1 N–H and O–H groups in total. The first-order valence-electron chi connectivity index (χ1n) is 11.3. The molecule has 0 saturated carbocycles. The Hall–Kier alpha value is -3.17. The van der Waals surface area contributed by atoms with Crippen LogP contribution in [0.25, 0.3) is 15.9 Å². The third-order valence-corrected chi connectivity index (χ3v) is 7.93. The van der Waals surface area contributed by atoms with E-state index in [9.17, 15) is 9.59 Å². The second-order valence-corrected chi connectivity index (χ2v) is 10.2. The summed E-state index contributed by atoms with van der Waals surface area (Å²) < 4.78 is 7.66. The van der Waals surface area contributed by atoms with Crippen molar-refractivity contribution in [2.75, 3.05) is 31.6 Å². The highest BCUT2D eigenvalue weighted by atomic mass is 32.1. The van der Waals surface area contributed by atoms with E-state index in [1.165, 1.54) is 16.2 Å². The van der Waals surface area contributed by atoms with Gasteiger partial charge in [-0.2, -0.15) is 0 Å². The number of fused-ring (bicyclic) bond motifs is 1. The molecule has 1 aromatic carbocycles. The monoisotopic (exact) mass is 494 g/mol. The van der Waals surface area contributed by atoms with Crippen LogP contribution in [0.5, 0.6) is 5.75 Å². The highest BCUT2D eigenvalue weighted by Gasteiger charge is 2.29. The van der Waals surface area contributed by atoms with Gasteiger partial charge in [0.05, 0.1) is 24.2 Å². The molecule has 1 unspecified atom stereocenters. The molecule has 0 spiro atoms. The largest absolute Gasteiger partial charge is 0.497 e. The quantitative estimate of drug-likeness (QED) is 0.419. The fraction of sp³-hybridized carbons (Fsp3) is 0.320. The van der Waals surface area contributed by atoms with Crippen molar-refractivity contribution in [2.45, 2.75) is 19.3 Å². The van der Waals surface area contributed by atoms with Crippen LogP contribution in [0.2, 0.25) is 0 Å². The van der Waals surface area contributed by atoms with E-state index in [1.807, 2.05) is 41.8 Å². The van der Waals surface area contributed by atoms with Crippen molar-refractivity contribution in [1.82, 2.24) is 14.9 Å². The predicted octanol–water partition coefficient (Wildman–Crippen LogP) is 4.09. The lowest BCUT2D eigenvalue weighted by Gasteiger charge is -2.34. The van der Waals surface area contributed by atoms with Gasteiger partial charge in [-0.1, -0.05) is 12.1 Å². The number of methoxy groups -OCH3 is 1. The summed E-state index contributed by atoms with van der Waals surface area (Å²) in [5.41, 5.74) is 1.28. The smallest absolute Gasteiger partial charge is 0.277 e. The van der Waals surface area contributed by atoms with E-state index in [-0.39, 0.29) is 17.4 Å². The topological polar surface area (TPSA) is 76.5 Å². The van der Waals surface area contributed by atoms with Gasteiger partial charge in [0.15, 0.2) is 0 Å². The first kappa shape index (κ1) is 22.6. The van der Waals surface area contributed by atoms with Crippen LogP contribution in [0.1, 0.15) is 17.7 Å². The molecule has 1 aliphatic heterocycles. The average molecular weight is 495 g/mol. The van der Waals surface area contributed by atoms with Crippen LogP contribution in [-0.2, 0) is 11.2 Å². The van der Waals surface area contributed by atoms with Crippen LogP contribution in [0.3, 0.4) is 0 Å². The summed E-state index contributed by atoms with van der Waals surface area (Å²) in [6.45, 7) is 1.89. The van der Waals surface area contributed by atoms with Gasteiger partial charge in [0.1, 0.15) is 10.4 Å². The number of carbonyl (C=O) groups excluding carboxylic acids is 1. The molecule has 9 heteroatoms. The summed E-state index contributed by atoms with van der Waals surface area (Å²) in [7, 11) is 1.61. The number of hydrogen-bond acceptors (Lipinski definition) is 7. The summed E-state index contributed by atoms with van der Waals surface area (Å²) in [6.07, 6.45) is 2.52. The molecule has 4 heterocycles. The van der Waals surface area contributed by atoms with Crippen LogP contribution >= 0.6 is 22.7 Å². The summed E-state index contributed by atoms with van der Waals surface area (Å²) in [6, 6.07) is 13.4. The minimum atomic E-state index is -0.147. The number of amides is 1. The van der Waals surface area contributed by atoms with Gasteiger partial charge < -0.3 is 15.0 Å². The number of nitrogens with zero attached hydrogens (tertiary/aromatic N) is 3. The summed E-state index contributed by atoms with van der Waals surface area (Å²) >= 11 is 3.10. The van der Waals surface area contributed by atoms with Crippen LogP contribution in [0.4, 0.5) is 5.95 Å². The zero-order chi connectivity index (χ0) is 23.5. The second-order valence-electron chi connectivity index (χ2n) is 8.29. The highest BCUT2D eigenvalue weighted by Crippen LogP contribution is 2.27. The van der Waals surface area contributed by atoms with E-state index in [1.54, 1.807) is 23.0 Å². The lowest BCUT2D eigenvalue weighted by atomic mass is 9.97. The number of aromatic nitrogens is 2. The van der Waals surface area contributed by atoms with Crippen LogP contribution in [-0.4, -0.2) is 42.2 Å². The number of rotatable bonds is 7. The Morgan fingerprint density at radius 1 is 1.21 bits per heavy atom. The molecule has 176 valence electrons. The Bertz CT molecular complexity index is 1350. The lowest BCUT2D eigenvalue weighted by Crippen LogP contribution is -2.45. The number of nitrogens with one attached hydrogen (secondary N) is 1. The van der Waals surface area contributed by atoms with Crippen LogP contribution in [0.15, 0.2) is 58.0 Å². The molecule has 0 bridgehead atoms. The average Bonchev–Trinajstić information content (AvgIpc) is 3.56. The minimum absolute atomic E-state index is 0.0631. The van der Waals surface area contributed by atoms with Crippen molar-refractivity contribution in [3.8, 4) is 11.4 Å². The Morgan fingerprint density at radius 3 is 2.94 bits per heavy atom. The van der Waals surface area contributed by atoms with E-state index < -0.39 is 0 Å². The van der Waals surface area contributed by atoms with E-state index >= 15 is 0 Å². The molecule has 7 nitrogen and oxygen atoms in total. The maximum atomic E-state index is 13.5. The molecule has 34 heavy (non-hydrogen) atoms. The molecule has 0 aliphatic carbocycles. The lowest BCUT2D eigenvalue weighted by molar-refractivity contribution is -0.125. The van der Waals surface area contributed by atoms with E-state index in [0.29, 0.717) is 40.7 Å². The Morgan fingerprint density at radius 2 is 2.12 bits per heavy atom. The summed E-state index contributed by atoms with van der Waals surface area (Å²) in [5, 5.41) is 7.04. The number of carbonyl (C=O) groups is 1. The minimum Gasteiger partial charge on any atom is -0.497 e. The number of anilines is 1. The fourth-order valence-corrected chi connectivity index (χ4v) is 5.84. The van der Waals surface area contributed by atoms with Crippen molar-refractivity contribution in [3.05, 3.63) is 68.5 Å². The predicted molar refractivity (Wildman–Crippen MR) is 138 cm³/mol. The molecule has 5 rings (SSSR count). The van der Waals surface area contributed by atoms with Crippen LogP contribution < -0.4 is 20.5 Å². The van der Waals surface area contributed by atoms with Gasteiger partial charge in [-0.3, -0.25) is 9.59 Å². The van der Waals surface area contributed by atoms with Gasteiger partial charge in [-0.15, -0.1) is 22.7 Å². The van der Waals surface area contributed by atoms with Crippen LogP contribution in [0, 0.1) is 5.92 Å². The second kappa shape index (κ2) is 9.99. The third-order valence-electron chi connectivity index (χ3n) is 6.10. The zero-order valence-electron chi connectivity index (χ0n) is 18.9. The number of thiophene rings is 2. The van der Waals surface area contributed by atoms with Gasteiger partial charge in [0, 0.05) is 30.6 Å². The number of benzene rings is 1. The first-order chi connectivity index (χ1) is 16.6. The van der Waals surface area contributed by atoms with Crippen molar-refractivity contribution in [1.29, 1.82) is 0 Å². The number of ether oxygens (including phenoxy) is 1. The van der Waals surface area contributed by atoms with E-state index in [4.69, 9.17) is 9.72 Å². The van der Waals surface area contributed by atoms with Gasteiger partial charge in [-0.25, -0.2) is 9.55 Å². The van der Waals surface area contributed by atoms with Crippen molar-refractivity contribution in [2.24, 2.45) is 5.92 Å². The van der Waals surface area contributed by atoms with E-state index in [0.717, 1.165) is 25.8 Å². The maximum Gasteiger partial charge on any atom is 0.277 e. The molecule has 1 amide bonds. The first-order valence-corrected chi connectivity index (χ1v) is 13.1. The van der Waals surface area contributed by atoms with Crippen molar-refractivity contribution >= 4 is 44.7 Å². The van der Waals surface area contributed by atoms with Crippen molar-refractivity contribution < 1.29 is 9.53 Å². The Kier molecular flexibility index (Phi) is 6.64. The molecular weight excluding hydrogens is 468 g/mol. The SMILES string of the molecule is COc1cccc(-n2c(N3CCCC(C(=O)NCCc4cccs4)C3)nc3ccsc3c2=O)c1. The summed E-state index contributed by atoms with van der Waals surface area (Å²) in [4.78, 5) is 34.7. The van der Waals surface area contributed by atoms with Crippen molar-refractivity contribution in [3.63, 3.8) is 0 Å². The maximum absolute atomic E-state index is 13.5. The third kappa shape index (κ3) is 4.58. The van der Waals surface area contributed by atoms with Gasteiger partial charge >= 0.3 is 0 Å². The Balaban J connectivity index is 1.42. The molecule has 3 aromatic heterocycles. The standard InChI is InChI=1S/C25H26N4O3S2/c1-32-19-7-2-6-18(15-19)29-24(31)22-21(10-14-34-22)27-25(29)28-12-3-5-17(16-28)23(30)26-11-9-20-8-4-13-33-20/h2,4,6-8,10,13-15,17H,3,5,9,11-12,16H2,1H3,(H,26,30). The number of hydrogen-bond donors (Lipinski definition) is 1. The zero-order valence-corrected chi connectivity index (χ0v) is 20.5. The molecule has 1 saturated heterocycles. The number of piperidine rings is 1. The van der Waals surface area contributed by atoms with Gasteiger partial charge in [0.25, 0.3) is 5.56 Å². The molecule has 1 fully saturated rings. The Labute approximate surface area is 205 Å². The fourth-order valence-electron chi connectivity index (χ4n) is 4.38. The van der Waals surface area contributed by atoms with Gasteiger partial charge in [-0.05, 0) is 54.3 Å². The highest BCUT2D eigenvalue weighted by molar-refractivity contribution is 7.17. The van der Waals surface area contributed by atoms with Gasteiger partial charge in [0.2, 0.25) is 11.9 Å². The normalized spacial score (nSPS) is 16.0.